The van der Waals surface area contributed by atoms with Gasteiger partial charge in [-0.2, -0.15) is 5.26 Å². The molecule has 0 radical (unpaired) electrons. The number of nitriles is 1. The van der Waals surface area contributed by atoms with Crippen molar-refractivity contribution in [1.29, 1.82) is 5.26 Å². The molecule has 1 aromatic carbocycles. The lowest BCUT2D eigenvalue weighted by Crippen LogP contribution is -1.98. The molecule has 0 saturated carbocycles. The molecule has 0 saturated heterocycles. The molecule has 0 aliphatic heterocycles. The van der Waals surface area contributed by atoms with Crippen LogP contribution in [0.25, 0.3) is 5.69 Å². The van der Waals surface area contributed by atoms with Crippen LogP contribution in [-0.2, 0) is 0 Å². The molecule has 68 valence electrons. The minimum Gasteiger partial charge on any atom is -0.380 e. The van der Waals surface area contributed by atoms with Crippen LogP contribution in [0, 0.1) is 11.3 Å². The maximum absolute atomic E-state index is 8.63. The van der Waals surface area contributed by atoms with E-state index in [2.05, 4.69) is 10.2 Å². The van der Waals surface area contributed by atoms with Crippen molar-refractivity contribution in [3.8, 4) is 11.8 Å². The summed E-state index contributed by atoms with van der Waals surface area (Å²) in [5.41, 5.74) is 6.40. The summed E-state index contributed by atoms with van der Waals surface area (Å²) in [6.07, 6.45) is 0. The summed E-state index contributed by atoms with van der Waals surface area (Å²) in [5.74, 6) is 0.149. The van der Waals surface area contributed by atoms with Gasteiger partial charge in [-0.25, -0.2) is 0 Å². The van der Waals surface area contributed by atoms with Gasteiger partial charge in [0.25, 0.3) is 0 Å². The Morgan fingerprint density at radius 3 is 2.50 bits per heavy atom. The number of hydrogen-bond acceptors (Lipinski definition) is 4. The minimum absolute atomic E-state index is 0.147. The van der Waals surface area contributed by atoms with E-state index >= 15 is 0 Å². The highest BCUT2D eigenvalue weighted by atomic mass is 15.5. The van der Waals surface area contributed by atoms with Crippen molar-refractivity contribution < 1.29 is 0 Å². The number of nitrogens with zero attached hydrogens (tertiary/aromatic N) is 4. The van der Waals surface area contributed by atoms with Gasteiger partial charge in [-0.3, -0.25) is 0 Å². The summed E-state index contributed by atoms with van der Waals surface area (Å²) in [4.78, 5) is 1.34. The monoisotopic (exact) mass is 185 g/mol. The van der Waals surface area contributed by atoms with Crippen LogP contribution in [0.2, 0.25) is 0 Å². The Hall–Kier alpha value is -2.35. The molecule has 2 aromatic rings. The topological polar surface area (TPSA) is 80.5 Å². The molecule has 5 heteroatoms. The summed E-state index contributed by atoms with van der Waals surface area (Å²) in [5, 5.41) is 16.5. The SMILES string of the molecule is N#Cc1nn(-c2ccccc2)nc1N. The van der Waals surface area contributed by atoms with Gasteiger partial charge in [0.05, 0.1) is 5.69 Å². The maximum Gasteiger partial charge on any atom is 0.206 e. The van der Waals surface area contributed by atoms with Crippen molar-refractivity contribution in [2.75, 3.05) is 5.73 Å². The van der Waals surface area contributed by atoms with Crippen LogP contribution >= 0.6 is 0 Å². The van der Waals surface area contributed by atoms with Crippen molar-refractivity contribution in [3.63, 3.8) is 0 Å². The highest BCUT2D eigenvalue weighted by Gasteiger charge is 2.06. The summed E-state index contributed by atoms with van der Waals surface area (Å²) in [7, 11) is 0. The smallest absolute Gasteiger partial charge is 0.206 e. The molecule has 0 amide bonds. The molecule has 1 aromatic heterocycles. The zero-order valence-electron chi connectivity index (χ0n) is 7.25. The van der Waals surface area contributed by atoms with Crippen LogP contribution in [0.1, 0.15) is 5.69 Å². The van der Waals surface area contributed by atoms with E-state index in [1.165, 1.54) is 4.80 Å². The zero-order valence-corrected chi connectivity index (χ0v) is 7.25. The fourth-order valence-electron chi connectivity index (χ4n) is 1.07. The third-order valence-electron chi connectivity index (χ3n) is 1.73. The predicted molar refractivity (Wildman–Crippen MR) is 50.5 cm³/mol. The van der Waals surface area contributed by atoms with Crippen molar-refractivity contribution in [2.24, 2.45) is 0 Å². The molecule has 0 bridgehead atoms. The molecule has 0 spiro atoms. The molecule has 1 heterocycles. The number of benzene rings is 1. The number of anilines is 1. The Labute approximate surface area is 80.4 Å². The van der Waals surface area contributed by atoms with Gasteiger partial charge in [0, 0.05) is 0 Å². The number of nitrogen functional groups attached to an aromatic ring is 1. The second-order valence-corrected chi connectivity index (χ2v) is 2.67. The Kier molecular flexibility index (Phi) is 1.88. The molecule has 14 heavy (non-hydrogen) atoms. The molecule has 0 fully saturated rings. The Morgan fingerprint density at radius 1 is 1.21 bits per heavy atom. The van der Waals surface area contributed by atoms with Gasteiger partial charge in [0.2, 0.25) is 5.69 Å². The van der Waals surface area contributed by atoms with E-state index in [0.29, 0.717) is 0 Å². The minimum atomic E-state index is 0.147. The van der Waals surface area contributed by atoms with Gasteiger partial charge >= 0.3 is 0 Å². The molecule has 0 unspecified atom stereocenters. The maximum atomic E-state index is 8.63. The van der Waals surface area contributed by atoms with E-state index in [-0.39, 0.29) is 11.5 Å². The van der Waals surface area contributed by atoms with Gasteiger partial charge in [0.1, 0.15) is 6.07 Å². The Morgan fingerprint density at radius 2 is 1.93 bits per heavy atom. The third-order valence-corrected chi connectivity index (χ3v) is 1.73. The van der Waals surface area contributed by atoms with Crippen molar-refractivity contribution in [3.05, 3.63) is 36.0 Å². The summed E-state index contributed by atoms with van der Waals surface area (Å²) >= 11 is 0. The molecule has 5 nitrogen and oxygen atoms in total. The molecule has 0 aliphatic carbocycles. The highest BCUT2D eigenvalue weighted by molar-refractivity contribution is 5.43. The van der Waals surface area contributed by atoms with Crippen LogP contribution in [0.4, 0.5) is 5.82 Å². The van der Waals surface area contributed by atoms with Gasteiger partial charge in [-0.05, 0) is 12.1 Å². The standard InChI is InChI=1S/C9H7N5/c10-6-8-9(11)13-14(12-8)7-4-2-1-3-5-7/h1-5H,(H2,11,13). The van der Waals surface area contributed by atoms with Crippen LogP contribution < -0.4 is 5.73 Å². The van der Waals surface area contributed by atoms with Crippen LogP contribution in [-0.4, -0.2) is 15.0 Å². The molecule has 2 N–H and O–H groups in total. The second-order valence-electron chi connectivity index (χ2n) is 2.67. The molecule has 2 rings (SSSR count). The van der Waals surface area contributed by atoms with E-state index in [0.717, 1.165) is 5.69 Å². The van der Waals surface area contributed by atoms with Gasteiger partial charge < -0.3 is 5.73 Å². The lowest BCUT2D eigenvalue weighted by Gasteiger charge is -1.95. The fourth-order valence-corrected chi connectivity index (χ4v) is 1.07. The van der Waals surface area contributed by atoms with Gasteiger partial charge in [-0.15, -0.1) is 15.0 Å². The van der Waals surface area contributed by atoms with Crippen LogP contribution in [0.3, 0.4) is 0 Å². The average molecular weight is 185 g/mol. The normalized spacial score (nSPS) is 9.64. The van der Waals surface area contributed by atoms with Gasteiger partial charge in [0.15, 0.2) is 5.82 Å². The van der Waals surface area contributed by atoms with Gasteiger partial charge in [-0.1, -0.05) is 18.2 Å². The predicted octanol–water partition coefficient (Wildman–Crippen LogP) is 0.721. The van der Waals surface area contributed by atoms with Crippen LogP contribution in [0.5, 0.6) is 0 Å². The summed E-state index contributed by atoms with van der Waals surface area (Å²) in [6, 6.07) is 11.1. The Bertz CT molecular complexity index is 480. The summed E-state index contributed by atoms with van der Waals surface area (Å²) < 4.78 is 0. The van der Waals surface area contributed by atoms with Crippen molar-refractivity contribution in [2.45, 2.75) is 0 Å². The first-order valence-electron chi connectivity index (χ1n) is 3.99. The first kappa shape index (κ1) is 8.26. The number of nitrogens with two attached hydrogens (primary N) is 1. The highest BCUT2D eigenvalue weighted by Crippen LogP contribution is 2.08. The van der Waals surface area contributed by atoms with Crippen molar-refractivity contribution in [1.82, 2.24) is 15.0 Å². The number of aromatic nitrogens is 3. The van der Waals surface area contributed by atoms with E-state index in [4.69, 9.17) is 11.0 Å². The first-order valence-corrected chi connectivity index (χ1v) is 3.99. The first-order chi connectivity index (χ1) is 6.81. The summed E-state index contributed by atoms with van der Waals surface area (Å²) in [6.45, 7) is 0. The van der Waals surface area contributed by atoms with E-state index in [9.17, 15) is 0 Å². The lowest BCUT2D eigenvalue weighted by molar-refractivity contribution is 0.752. The molecular formula is C9H7N5. The quantitative estimate of drug-likeness (QED) is 0.709. The second kappa shape index (κ2) is 3.18. The van der Waals surface area contributed by atoms with Crippen LogP contribution in [0.15, 0.2) is 30.3 Å². The molecule has 0 aliphatic rings. The Balaban J connectivity index is 2.50. The van der Waals surface area contributed by atoms with E-state index < -0.39 is 0 Å². The average Bonchev–Trinajstić information content (AvgIpc) is 2.61. The van der Waals surface area contributed by atoms with Crippen molar-refractivity contribution >= 4 is 5.82 Å². The van der Waals surface area contributed by atoms with E-state index in [1.54, 1.807) is 0 Å². The van der Waals surface area contributed by atoms with E-state index in [1.807, 2.05) is 36.4 Å². The number of rotatable bonds is 1. The third kappa shape index (κ3) is 1.29. The lowest BCUT2D eigenvalue weighted by atomic mass is 10.3. The number of para-hydroxylation sites is 1. The molecule has 0 atom stereocenters. The zero-order chi connectivity index (χ0) is 9.97. The number of hydrogen-bond donors (Lipinski definition) is 1. The molecular weight excluding hydrogens is 178 g/mol. The fraction of sp³-hybridized carbons (Fsp3) is 0. The largest absolute Gasteiger partial charge is 0.380 e.